The average Bonchev–Trinajstić information content (AvgIpc) is 2.76. The largest absolute Gasteiger partial charge is 0.425 e. The van der Waals surface area contributed by atoms with Crippen LogP contribution in [0.1, 0.15) is 5.69 Å². The molecule has 0 aliphatic heterocycles. The molecule has 5 aromatic rings. The second-order valence-corrected chi connectivity index (χ2v) is 7.01. The first kappa shape index (κ1) is 18.9. The molecule has 152 valence electrons. The zero-order valence-corrected chi connectivity index (χ0v) is 16.3. The summed E-state index contributed by atoms with van der Waals surface area (Å²) in [6, 6.07) is 18.2. The minimum absolute atomic E-state index is 0.0218. The number of hydrogen-bond acceptors (Lipinski definition) is 4. The number of aromatic nitrogens is 3. The standard InChI is InChI=1S/C24H15F2N3O2/c1-14-21-22(19-4-2-3-5-20(19)27-14)28-24(31-18-12-8-16(26)9-13-18)29(23(21)30)17-10-6-15(25)7-11-17/h2-13H,1H3. The monoisotopic (exact) mass is 415 g/mol. The molecule has 0 atom stereocenters. The van der Waals surface area contributed by atoms with Crippen LogP contribution in [-0.2, 0) is 0 Å². The summed E-state index contributed by atoms with van der Waals surface area (Å²) < 4.78 is 34.0. The lowest BCUT2D eigenvalue weighted by Gasteiger charge is -2.15. The van der Waals surface area contributed by atoms with Crippen LogP contribution in [0.15, 0.2) is 77.6 Å². The van der Waals surface area contributed by atoms with Crippen molar-refractivity contribution in [2.24, 2.45) is 0 Å². The number of pyridine rings is 1. The van der Waals surface area contributed by atoms with Crippen molar-refractivity contribution >= 4 is 21.8 Å². The summed E-state index contributed by atoms with van der Waals surface area (Å²) in [5.41, 5.74) is 1.65. The molecule has 3 aromatic carbocycles. The van der Waals surface area contributed by atoms with E-state index in [9.17, 15) is 13.6 Å². The Kier molecular flexibility index (Phi) is 4.43. The minimum atomic E-state index is -0.435. The van der Waals surface area contributed by atoms with Gasteiger partial charge in [0.15, 0.2) is 0 Å². The topological polar surface area (TPSA) is 57.0 Å². The lowest BCUT2D eigenvalue weighted by molar-refractivity contribution is 0.426. The average molecular weight is 415 g/mol. The van der Waals surface area contributed by atoms with Gasteiger partial charge in [-0.05, 0) is 61.5 Å². The van der Waals surface area contributed by atoms with E-state index in [0.717, 1.165) is 0 Å². The molecule has 0 fully saturated rings. The summed E-state index contributed by atoms with van der Waals surface area (Å²) in [6.45, 7) is 1.74. The molecule has 0 spiro atoms. The number of para-hydroxylation sites is 1. The molecule has 5 nitrogen and oxygen atoms in total. The predicted octanol–water partition coefficient (Wildman–Crippen LogP) is 5.31. The van der Waals surface area contributed by atoms with Crippen LogP contribution in [0.25, 0.3) is 27.5 Å². The van der Waals surface area contributed by atoms with E-state index in [-0.39, 0.29) is 6.01 Å². The number of aryl methyl sites for hydroxylation is 1. The molecule has 7 heteroatoms. The fourth-order valence-corrected chi connectivity index (χ4v) is 3.52. The van der Waals surface area contributed by atoms with E-state index in [0.29, 0.717) is 38.9 Å². The van der Waals surface area contributed by atoms with Crippen LogP contribution in [0.5, 0.6) is 11.8 Å². The number of rotatable bonds is 3. The third-order valence-corrected chi connectivity index (χ3v) is 4.97. The first-order valence-corrected chi connectivity index (χ1v) is 9.53. The lowest BCUT2D eigenvalue weighted by Crippen LogP contribution is -2.22. The Morgan fingerprint density at radius 3 is 2.19 bits per heavy atom. The van der Waals surface area contributed by atoms with Gasteiger partial charge in [-0.25, -0.2) is 13.3 Å². The molecule has 0 aliphatic carbocycles. The maximum Gasteiger partial charge on any atom is 0.310 e. The van der Waals surface area contributed by atoms with Gasteiger partial charge in [0.2, 0.25) is 0 Å². The Morgan fingerprint density at radius 1 is 0.839 bits per heavy atom. The van der Waals surface area contributed by atoms with E-state index >= 15 is 0 Å². The molecule has 5 rings (SSSR count). The van der Waals surface area contributed by atoms with Crippen molar-refractivity contribution in [3.63, 3.8) is 0 Å². The Morgan fingerprint density at radius 2 is 1.48 bits per heavy atom. The van der Waals surface area contributed by atoms with E-state index in [1.807, 2.05) is 24.3 Å². The van der Waals surface area contributed by atoms with Gasteiger partial charge in [0, 0.05) is 5.39 Å². The smallest absolute Gasteiger partial charge is 0.310 e. The maximum absolute atomic E-state index is 13.6. The SMILES string of the molecule is Cc1nc2ccccc2c2nc(Oc3ccc(F)cc3)n(-c3ccc(F)cc3)c(=O)c12. The molecule has 0 aliphatic rings. The van der Waals surface area contributed by atoms with E-state index in [4.69, 9.17) is 4.74 Å². The van der Waals surface area contributed by atoms with Gasteiger partial charge in [0.1, 0.15) is 17.4 Å². The van der Waals surface area contributed by atoms with Gasteiger partial charge in [-0.2, -0.15) is 4.98 Å². The minimum Gasteiger partial charge on any atom is -0.425 e. The first-order valence-electron chi connectivity index (χ1n) is 9.53. The normalized spacial score (nSPS) is 11.2. The summed E-state index contributed by atoms with van der Waals surface area (Å²) in [5.74, 6) is -0.545. The van der Waals surface area contributed by atoms with Crippen LogP contribution in [0.4, 0.5) is 8.78 Å². The van der Waals surface area contributed by atoms with Crippen LogP contribution in [0.2, 0.25) is 0 Å². The number of hydrogen-bond donors (Lipinski definition) is 0. The zero-order valence-electron chi connectivity index (χ0n) is 16.3. The molecule has 2 aromatic heterocycles. The van der Waals surface area contributed by atoms with Crippen molar-refractivity contribution in [1.82, 2.24) is 14.5 Å². The van der Waals surface area contributed by atoms with Gasteiger partial charge in [-0.3, -0.25) is 9.78 Å². The molecule has 31 heavy (non-hydrogen) atoms. The summed E-state index contributed by atoms with van der Waals surface area (Å²) in [6.07, 6.45) is 0. The van der Waals surface area contributed by atoms with E-state index in [2.05, 4.69) is 9.97 Å². The zero-order chi connectivity index (χ0) is 21.5. The van der Waals surface area contributed by atoms with Gasteiger partial charge in [0.25, 0.3) is 5.56 Å². The molecule has 2 heterocycles. The van der Waals surface area contributed by atoms with Crippen LogP contribution in [0.3, 0.4) is 0 Å². The second kappa shape index (κ2) is 7.28. The molecule has 0 unspecified atom stereocenters. The number of nitrogens with zero attached hydrogens (tertiary/aromatic N) is 3. The van der Waals surface area contributed by atoms with Gasteiger partial charge in [0.05, 0.1) is 27.8 Å². The quantitative estimate of drug-likeness (QED) is 0.375. The Balaban J connectivity index is 1.85. The highest BCUT2D eigenvalue weighted by Crippen LogP contribution is 2.28. The summed E-state index contributed by atoms with van der Waals surface area (Å²) in [4.78, 5) is 22.8. The predicted molar refractivity (Wildman–Crippen MR) is 114 cm³/mol. The fourth-order valence-electron chi connectivity index (χ4n) is 3.52. The summed E-state index contributed by atoms with van der Waals surface area (Å²) in [7, 11) is 0. The van der Waals surface area contributed by atoms with Crippen LogP contribution in [0, 0.1) is 18.6 Å². The Labute approximate surface area is 175 Å². The molecular formula is C24H15F2N3O2. The second-order valence-electron chi connectivity index (χ2n) is 7.01. The summed E-state index contributed by atoms with van der Waals surface area (Å²) >= 11 is 0. The van der Waals surface area contributed by atoms with Crippen LogP contribution < -0.4 is 10.3 Å². The van der Waals surface area contributed by atoms with E-state index < -0.39 is 17.2 Å². The number of halogens is 2. The van der Waals surface area contributed by atoms with Crippen LogP contribution in [-0.4, -0.2) is 14.5 Å². The molecule has 0 saturated heterocycles. The van der Waals surface area contributed by atoms with Crippen molar-refractivity contribution in [1.29, 1.82) is 0 Å². The highest BCUT2D eigenvalue weighted by molar-refractivity contribution is 6.04. The first-order chi connectivity index (χ1) is 15.0. The molecule has 0 radical (unpaired) electrons. The van der Waals surface area contributed by atoms with Gasteiger partial charge in [-0.15, -0.1) is 0 Å². The third kappa shape index (κ3) is 3.30. The van der Waals surface area contributed by atoms with Gasteiger partial charge < -0.3 is 4.74 Å². The lowest BCUT2D eigenvalue weighted by atomic mass is 10.1. The fraction of sp³-hybridized carbons (Fsp3) is 0.0417. The van der Waals surface area contributed by atoms with E-state index in [1.54, 1.807) is 6.92 Å². The molecule has 0 amide bonds. The van der Waals surface area contributed by atoms with Crippen molar-refractivity contribution in [3.8, 4) is 17.4 Å². The van der Waals surface area contributed by atoms with Crippen molar-refractivity contribution < 1.29 is 13.5 Å². The number of fused-ring (bicyclic) bond motifs is 3. The van der Waals surface area contributed by atoms with Gasteiger partial charge >= 0.3 is 6.01 Å². The molecular weight excluding hydrogens is 400 g/mol. The number of ether oxygens (including phenoxy) is 1. The Hall–Kier alpha value is -4.13. The highest BCUT2D eigenvalue weighted by atomic mass is 19.1. The molecule has 0 N–H and O–H groups in total. The Bertz CT molecular complexity index is 1490. The molecule has 0 bridgehead atoms. The van der Waals surface area contributed by atoms with Crippen molar-refractivity contribution in [2.45, 2.75) is 6.92 Å². The van der Waals surface area contributed by atoms with Gasteiger partial charge in [-0.1, -0.05) is 18.2 Å². The highest BCUT2D eigenvalue weighted by Gasteiger charge is 2.19. The summed E-state index contributed by atoms with van der Waals surface area (Å²) in [5, 5.41) is 1.05. The van der Waals surface area contributed by atoms with Crippen LogP contribution >= 0.6 is 0 Å². The maximum atomic E-state index is 13.6. The van der Waals surface area contributed by atoms with Crippen molar-refractivity contribution in [2.75, 3.05) is 0 Å². The number of benzene rings is 3. The van der Waals surface area contributed by atoms with Crippen molar-refractivity contribution in [3.05, 3.63) is 100 Å². The molecule has 0 saturated carbocycles. The third-order valence-electron chi connectivity index (χ3n) is 4.97. The van der Waals surface area contributed by atoms with E-state index in [1.165, 1.54) is 53.1 Å².